The molecule has 28 heavy (non-hydrogen) atoms. The highest BCUT2D eigenvalue weighted by atomic mass is 19.1. The minimum atomic E-state index is -0.613. The molecule has 0 bridgehead atoms. The van der Waals surface area contributed by atoms with Gasteiger partial charge in [0.25, 0.3) is 11.8 Å². The molecule has 3 aromatic rings. The number of nitrogens with one attached hydrogen (secondary N) is 2. The van der Waals surface area contributed by atoms with Crippen LogP contribution >= 0.6 is 0 Å². The van der Waals surface area contributed by atoms with E-state index in [0.717, 1.165) is 23.8 Å². The lowest BCUT2D eigenvalue weighted by Gasteiger charge is -2.07. The summed E-state index contributed by atoms with van der Waals surface area (Å²) in [5, 5.41) is 18.6. The van der Waals surface area contributed by atoms with Crippen LogP contribution in [0.15, 0.2) is 59.1 Å². The minimum absolute atomic E-state index is 0.139. The Bertz CT molecular complexity index is 973. The second-order valence-corrected chi connectivity index (χ2v) is 5.97. The molecule has 0 saturated heterocycles. The maximum atomic E-state index is 13.2. The van der Waals surface area contributed by atoms with Crippen molar-refractivity contribution in [1.82, 2.24) is 15.8 Å². The van der Waals surface area contributed by atoms with Crippen LogP contribution in [0, 0.1) is 5.82 Å². The fraction of sp³-hybridized carbons (Fsp3) is 0.150. The number of aromatic hydroxyl groups is 1. The van der Waals surface area contributed by atoms with Crippen molar-refractivity contribution in [3.63, 3.8) is 0 Å². The van der Waals surface area contributed by atoms with Crippen LogP contribution in [0.2, 0.25) is 0 Å². The lowest BCUT2D eigenvalue weighted by molar-refractivity contribution is 0.0944. The molecule has 0 aliphatic carbocycles. The molecule has 3 rings (SSSR count). The zero-order valence-corrected chi connectivity index (χ0v) is 14.8. The van der Waals surface area contributed by atoms with Gasteiger partial charge in [-0.25, -0.2) is 4.39 Å². The monoisotopic (exact) mass is 383 g/mol. The standard InChI is InChI=1S/C20H18FN3O4/c21-14-7-8-17(25)15(11-14)19(26)22-9-4-10-23-20(27)16-12-18(28-24-16)13-5-2-1-3-6-13/h1-3,5-8,11-12,25H,4,9-10H2,(H,22,26)(H,23,27). The summed E-state index contributed by atoms with van der Waals surface area (Å²) in [7, 11) is 0. The van der Waals surface area contributed by atoms with Crippen LogP contribution in [0.4, 0.5) is 4.39 Å². The Morgan fingerprint density at radius 2 is 1.71 bits per heavy atom. The van der Waals surface area contributed by atoms with Crippen molar-refractivity contribution < 1.29 is 23.6 Å². The highest BCUT2D eigenvalue weighted by Crippen LogP contribution is 2.19. The molecule has 0 unspecified atom stereocenters. The summed E-state index contributed by atoms with van der Waals surface area (Å²) in [6.45, 7) is 0.533. The summed E-state index contributed by atoms with van der Waals surface area (Å²) in [4.78, 5) is 24.0. The Balaban J connectivity index is 1.43. The fourth-order valence-corrected chi connectivity index (χ4v) is 2.49. The Hall–Kier alpha value is -3.68. The van der Waals surface area contributed by atoms with E-state index < -0.39 is 11.7 Å². The van der Waals surface area contributed by atoms with Crippen LogP contribution in [0.25, 0.3) is 11.3 Å². The number of hydrogen-bond donors (Lipinski definition) is 3. The van der Waals surface area contributed by atoms with Crippen molar-refractivity contribution >= 4 is 11.8 Å². The summed E-state index contributed by atoms with van der Waals surface area (Å²) < 4.78 is 18.3. The number of carbonyl (C=O) groups is 2. The molecule has 0 aliphatic heterocycles. The number of nitrogens with zero attached hydrogens (tertiary/aromatic N) is 1. The molecular formula is C20H18FN3O4. The number of amides is 2. The first kappa shape index (κ1) is 19.1. The maximum Gasteiger partial charge on any atom is 0.273 e. The van der Waals surface area contributed by atoms with Gasteiger partial charge in [0.1, 0.15) is 11.6 Å². The third-order valence-corrected chi connectivity index (χ3v) is 3.93. The summed E-state index contributed by atoms with van der Waals surface area (Å²) in [5.41, 5.74) is 0.838. The van der Waals surface area contributed by atoms with Crippen LogP contribution in [0.1, 0.15) is 27.3 Å². The summed E-state index contributed by atoms with van der Waals surface area (Å²) in [6, 6.07) is 14.0. The first-order valence-electron chi connectivity index (χ1n) is 8.61. The maximum absolute atomic E-state index is 13.2. The molecule has 144 valence electrons. The van der Waals surface area contributed by atoms with Crippen molar-refractivity contribution in [3.05, 3.63) is 71.7 Å². The molecule has 0 aliphatic rings. The third-order valence-electron chi connectivity index (χ3n) is 3.93. The molecular weight excluding hydrogens is 365 g/mol. The van der Waals surface area contributed by atoms with Gasteiger partial charge in [-0.1, -0.05) is 35.5 Å². The van der Waals surface area contributed by atoms with Gasteiger partial charge in [-0.05, 0) is 24.6 Å². The number of aromatic nitrogens is 1. The van der Waals surface area contributed by atoms with Crippen LogP contribution in [-0.4, -0.2) is 35.2 Å². The number of rotatable bonds is 7. The number of phenols is 1. The number of phenolic OH excluding ortho intramolecular Hbond substituents is 1. The molecule has 0 atom stereocenters. The van der Waals surface area contributed by atoms with Gasteiger partial charge in [0, 0.05) is 24.7 Å². The average molecular weight is 383 g/mol. The second kappa shape index (κ2) is 8.81. The first-order chi connectivity index (χ1) is 13.5. The molecule has 3 N–H and O–H groups in total. The van der Waals surface area contributed by atoms with E-state index in [9.17, 15) is 19.1 Å². The quantitative estimate of drug-likeness (QED) is 0.544. The lowest BCUT2D eigenvalue weighted by Crippen LogP contribution is -2.30. The molecule has 8 heteroatoms. The first-order valence-corrected chi connectivity index (χ1v) is 8.61. The van der Waals surface area contributed by atoms with Gasteiger partial charge in [-0.3, -0.25) is 9.59 Å². The number of halogens is 1. The van der Waals surface area contributed by atoms with Gasteiger partial charge in [0.2, 0.25) is 0 Å². The van der Waals surface area contributed by atoms with E-state index in [-0.39, 0.29) is 29.5 Å². The highest BCUT2D eigenvalue weighted by molar-refractivity contribution is 5.96. The number of hydrogen-bond acceptors (Lipinski definition) is 5. The molecule has 7 nitrogen and oxygen atoms in total. The molecule has 2 aromatic carbocycles. The Kier molecular flexibility index (Phi) is 6.01. The van der Waals surface area contributed by atoms with Crippen LogP contribution in [0.5, 0.6) is 5.75 Å². The predicted molar refractivity (Wildman–Crippen MR) is 99.3 cm³/mol. The van der Waals surface area contributed by atoms with Gasteiger partial charge in [0.05, 0.1) is 5.56 Å². The normalized spacial score (nSPS) is 10.5. The molecule has 1 heterocycles. The Labute approximate surface area is 160 Å². The van der Waals surface area contributed by atoms with Gasteiger partial charge < -0.3 is 20.3 Å². The van der Waals surface area contributed by atoms with E-state index in [2.05, 4.69) is 15.8 Å². The third kappa shape index (κ3) is 4.73. The largest absolute Gasteiger partial charge is 0.507 e. The van der Waals surface area contributed by atoms with E-state index in [1.54, 1.807) is 6.07 Å². The van der Waals surface area contributed by atoms with Crippen LogP contribution in [0.3, 0.4) is 0 Å². The van der Waals surface area contributed by atoms with Crippen molar-refractivity contribution in [2.45, 2.75) is 6.42 Å². The van der Waals surface area contributed by atoms with Gasteiger partial charge in [-0.15, -0.1) is 0 Å². The molecule has 1 aromatic heterocycles. The summed E-state index contributed by atoms with van der Waals surface area (Å²) >= 11 is 0. The smallest absolute Gasteiger partial charge is 0.273 e. The number of benzene rings is 2. The van der Waals surface area contributed by atoms with Crippen molar-refractivity contribution in [3.8, 4) is 17.1 Å². The molecule has 2 amide bonds. The van der Waals surface area contributed by atoms with E-state index in [1.807, 2.05) is 30.3 Å². The summed E-state index contributed by atoms with van der Waals surface area (Å²) in [5.74, 6) is -1.40. The zero-order valence-electron chi connectivity index (χ0n) is 14.8. The molecule has 0 fully saturated rings. The van der Waals surface area contributed by atoms with E-state index in [0.29, 0.717) is 18.7 Å². The minimum Gasteiger partial charge on any atom is -0.507 e. The van der Waals surface area contributed by atoms with Gasteiger partial charge in [-0.2, -0.15) is 0 Å². The van der Waals surface area contributed by atoms with Gasteiger partial charge >= 0.3 is 0 Å². The van der Waals surface area contributed by atoms with E-state index >= 15 is 0 Å². The highest BCUT2D eigenvalue weighted by Gasteiger charge is 2.14. The summed E-state index contributed by atoms with van der Waals surface area (Å²) in [6.07, 6.45) is 0.441. The SMILES string of the molecule is O=C(NCCCNC(=O)c1cc(F)ccc1O)c1cc(-c2ccccc2)on1. The topological polar surface area (TPSA) is 104 Å². The lowest BCUT2D eigenvalue weighted by atomic mass is 10.1. The molecule has 0 radical (unpaired) electrons. The zero-order chi connectivity index (χ0) is 19.9. The second-order valence-electron chi connectivity index (χ2n) is 5.97. The van der Waals surface area contributed by atoms with E-state index in [4.69, 9.17) is 4.52 Å². The molecule has 0 saturated carbocycles. The van der Waals surface area contributed by atoms with Gasteiger partial charge in [0.15, 0.2) is 11.5 Å². The molecule has 0 spiro atoms. The Morgan fingerprint density at radius 1 is 1.00 bits per heavy atom. The van der Waals surface area contributed by atoms with Crippen molar-refractivity contribution in [1.29, 1.82) is 0 Å². The van der Waals surface area contributed by atoms with Crippen LogP contribution < -0.4 is 10.6 Å². The fourth-order valence-electron chi connectivity index (χ4n) is 2.49. The van der Waals surface area contributed by atoms with E-state index in [1.165, 1.54) is 0 Å². The van der Waals surface area contributed by atoms with Crippen molar-refractivity contribution in [2.75, 3.05) is 13.1 Å². The number of carbonyl (C=O) groups excluding carboxylic acids is 2. The van der Waals surface area contributed by atoms with Crippen LogP contribution in [-0.2, 0) is 0 Å². The average Bonchev–Trinajstić information content (AvgIpc) is 3.20. The van der Waals surface area contributed by atoms with Crippen molar-refractivity contribution in [2.24, 2.45) is 0 Å². The Morgan fingerprint density at radius 3 is 2.46 bits per heavy atom. The predicted octanol–water partition coefficient (Wildman–Crippen LogP) is 2.74.